The Labute approximate surface area is 87.8 Å². The average molecular weight is 213 g/mol. The Balaban J connectivity index is 2.63. The van der Waals surface area contributed by atoms with Crippen molar-refractivity contribution >= 4 is 17.2 Å². The summed E-state index contributed by atoms with van der Waals surface area (Å²) in [5.74, 6) is -0.0848. The van der Waals surface area contributed by atoms with Gasteiger partial charge in [-0.25, -0.2) is 0 Å². The fraction of sp³-hybridized carbons (Fsp3) is 0.500. The first-order valence-corrected chi connectivity index (χ1v) is 5.52. The van der Waals surface area contributed by atoms with Crippen LogP contribution in [-0.4, -0.2) is 23.7 Å². The summed E-state index contributed by atoms with van der Waals surface area (Å²) in [5, 5.41) is 13.6. The van der Waals surface area contributed by atoms with Gasteiger partial charge in [0.15, 0.2) is 0 Å². The Morgan fingerprint density at radius 3 is 2.86 bits per heavy atom. The van der Waals surface area contributed by atoms with Crippen LogP contribution in [0.1, 0.15) is 28.6 Å². The van der Waals surface area contributed by atoms with Crippen molar-refractivity contribution in [3.8, 4) is 0 Å². The van der Waals surface area contributed by atoms with Crippen LogP contribution < -0.4 is 5.32 Å². The van der Waals surface area contributed by atoms with E-state index in [1.807, 2.05) is 25.3 Å². The second-order valence-corrected chi connectivity index (χ2v) is 4.11. The second kappa shape index (κ2) is 5.12. The van der Waals surface area contributed by atoms with Crippen LogP contribution in [0.25, 0.3) is 0 Å². The van der Waals surface area contributed by atoms with Gasteiger partial charge in [-0.1, -0.05) is 6.92 Å². The molecule has 78 valence electrons. The van der Waals surface area contributed by atoms with Gasteiger partial charge in [-0.05, 0) is 30.4 Å². The molecule has 1 heterocycles. The minimum Gasteiger partial charge on any atom is -0.394 e. The fourth-order valence-electron chi connectivity index (χ4n) is 1.13. The van der Waals surface area contributed by atoms with Gasteiger partial charge in [-0.2, -0.15) is 0 Å². The summed E-state index contributed by atoms with van der Waals surface area (Å²) in [5.41, 5.74) is 0.986. The number of nitrogens with one attached hydrogen (secondary N) is 1. The van der Waals surface area contributed by atoms with E-state index >= 15 is 0 Å². The molecule has 1 rings (SSSR count). The molecule has 0 saturated heterocycles. The molecule has 0 spiro atoms. The molecular weight excluding hydrogens is 198 g/mol. The Morgan fingerprint density at radius 1 is 1.71 bits per heavy atom. The highest BCUT2D eigenvalue weighted by Crippen LogP contribution is 2.15. The SMILES string of the molecule is CC[C@H](CO)NC(=O)c1sccc1C. The molecule has 4 heteroatoms. The summed E-state index contributed by atoms with van der Waals surface area (Å²) in [6.45, 7) is 3.83. The maximum Gasteiger partial charge on any atom is 0.261 e. The van der Waals surface area contributed by atoms with Gasteiger partial charge in [0.2, 0.25) is 0 Å². The first kappa shape index (κ1) is 11.2. The van der Waals surface area contributed by atoms with Crippen molar-refractivity contribution in [1.29, 1.82) is 0 Å². The molecule has 0 saturated carbocycles. The smallest absolute Gasteiger partial charge is 0.261 e. The summed E-state index contributed by atoms with van der Waals surface area (Å²) in [7, 11) is 0. The number of amides is 1. The number of aryl methyl sites for hydroxylation is 1. The molecule has 0 bridgehead atoms. The monoisotopic (exact) mass is 213 g/mol. The van der Waals surface area contributed by atoms with Crippen LogP contribution >= 0.6 is 11.3 Å². The van der Waals surface area contributed by atoms with Gasteiger partial charge < -0.3 is 10.4 Å². The fourth-order valence-corrected chi connectivity index (χ4v) is 1.96. The van der Waals surface area contributed by atoms with Crippen LogP contribution in [0.3, 0.4) is 0 Å². The van der Waals surface area contributed by atoms with Crippen LogP contribution in [-0.2, 0) is 0 Å². The molecule has 2 N–H and O–H groups in total. The Hall–Kier alpha value is -0.870. The van der Waals surface area contributed by atoms with Crippen molar-refractivity contribution in [2.75, 3.05) is 6.61 Å². The van der Waals surface area contributed by atoms with Gasteiger partial charge in [0.1, 0.15) is 0 Å². The number of hydrogen-bond acceptors (Lipinski definition) is 3. The average Bonchev–Trinajstić information content (AvgIpc) is 2.60. The minimum atomic E-state index is -0.135. The molecule has 0 fully saturated rings. The topological polar surface area (TPSA) is 49.3 Å². The van der Waals surface area contributed by atoms with Crippen molar-refractivity contribution in [1.82, 2.24) is 5.32 Å². The zero-order chi connectivity index (χ0) is 10.6. The number of thiophene rings is 1. The first-order valence-electron chi connectivity index (χ1n) is 4.64. The predicted molar refractivity (Wildman–Crippen MR) is 57.7 cm³/mol. The Morgan fingerprint density at radius 2 is 2.43 bits per heavy atom. The Bertz CT molecular complexity index is 305. The van der Waals surface area contributed by atoms with Crippen molar-refractivity contribution in [2.24, 2.45) is 0 Å². The maximum absolute atomic E-state index is 11.6. The van der Waals surface area contributed by atoms with E-state index in [2.05, 4.69) is 5.32 Å². The lowest BCUT2D eigenvalue weighted by Crippen LogP contribution is -2.36. The van der Waals surface area contributed by atoms with Crippen LogP contribution in [0.2, 0.25) is 0 Å². The molecular formula is C10H15NO2S. The van der Waals surface area contributed by atoms with Crippen molar-refractivity contribution in [3.05, 3.63) is 21.9 Å². The van der Waals surface area contributed by atoms with Crippen LogP contribution in [0.4, 0.5) is 0 Å². The number of carbonyl (C=O) groups is 1. The van der Waals surface area contributed by atoms with E-state index in [4.69, 9.17) is 5.11 Å². The largest absolute Gasteiger partial charge is 0.394 e. The van der Waals surface area contributed by atoms with E-state index in [1.54, 1.807) is 0 Å². The maximum atomic E-state index is 11.6. The van der Waals surface area contributed by atoms with Crippen LogP contribution in [0.15, 0.2) is 11.4 Å². The van der Waals surface area contributed by atoms with Gasteiger partial charge in [0, 0.05) is 0 Å². The van der Waals surface area contributed by atoms with E-state index in [9.17, 15) is 4.79 Å². The highest BCUT2D eigenvalue weighted by Gasteiger charge is 2.13. The molecule has 0 radical (unpaired) electrons. The van der Waals surface area contributed by atoms with Crippen molar-refractivity contribution in [3.63, 3.8) is 0 Å². The van der Waals surface area contributed by atoms with Crippen molar-refractivity contribution in [2.45, 2.75) is 26.3 Å². The van der Waals surface area contributed by atoms with Crippen LogP contribution in [0.5, 0.6) is 0 Å². The highest BCUT2D eigenvalue weighted by atomic mass is 32.1. The van der Waals surface area contributed by atoms with Crippen LogP contribution in [0, 0.1) is 6.92 Å². The summed E-state index contributed by atoms with van der Waals surface area (Å²) >= 11 is 1.43. The summed E-state index contributed by atoms with van der Waals surface area (Å²) in [6, 6.07) is 1.78. The minimum absolute atomic E-state index is 0.00728. The standard InChI is InChI=1S/C10H15NO2S/c1-3-8(6-12)11-10(13)9-7(2)4-5-14-9/h4-5,8,12H,3,6H2,1-2H3,(H,11,13)/t8-/m1/s1. The van der Waals surface area contributed by atoms with E-state index < -0.39 is 0 Å². The highest BCUT2D eigenvalue weighted by molar-refractivity contribution is 7.12. The lowest BCUT2D eigenvalue weighted by atomic mass is 10.2. The van der Waals surface area contributed by atoms with Gasteiger partial charge in [-0.15, -0.1) is 11.3 Å². The van der Waals surface area contributed by atoms with Gasteiger partial charge >= 0.3 is 0 Å². The number of aliphatic hydroxyl groups is 1. The molecule has 0 aliphatic heterocycles. The normalized spacial score (nSPS) is 12.5. The molecule has 3 nitrogen and oxygen atoms in total. The van der Waals surface area contributed by atoms with E-state index in [1.165, 1.54) is 11.3 Å². The third-order valence-corrected chi connectivity index (χ3v) is 3.13. The number of aliphatic hydroxyl groups excluding tert-OH is 1. The third-order valence-electron chi connectivity index (χ3n) is 2.12. The lowest BCUT2D eigenvalue weighted by molar-refractivity contribution is 0.0918. The first-order chi connectivity index (χ1) is 6.69. The summed E-state index contributed by atoms with van der Waals surface area (Å²) in [4.78, 5) is 12.4. The quantitative estimate of drug-likeness (QED) is 0.797. The molecule has 1 atom stereocenters. The molecule has 0 aromatic carbocycles. The number of carbonyl (C=O) groups excluding carboxylic acids is 1. The van der Waals surface area contributed by atoms with Gasteiger partial charge in [0.05, 0.1) is 17.5 Å². The van der Waals surface area contributed by atoms with E-state index in [0.717, 1.165) is 16.9 Å². The van der Waals surface area contributed by atoms with Crippen molar-refractivity contribution < 1.29 is 9.90 Å². The van der Waals surface area contributed by atoms with Gasteiger partial charge in [-0.3, -0.25) is 4.79 Å². The predicted octanol–water partition coefficient (Wildman–Crippen LogP) is 1.56. The molecule has 0 aliphatic carbocycles. The van der Waals surface area contributed by atoms with Gasteiger partial charge in [0.25, 0.3) is 5.91 Å². The molecule has 1 aromatic rings. The van der Waals surface area contributed by atoms with E-state index in [0.29, 0.717) is 0 Å². The molecule has 0 aliphatic rings. The number of rotatable bonds is 4. The summed E-state index contributed by atoms with van der Waals surface area (Å²) in [6.07, 6.45) is 0.743. The molecule has 1 aromatic heterocycles. The van der Waals surface area contributed by atoms with E-state index in [-0.39, 0.29) is 18.6 Å². The Kier molecular flexibility index (Phi) is 4.10. The second-order valence-electron chi connectivity index (χ2n) is 3.19. The zero-order valence-electron chi connectivity index (χ0n) is 8.41. The number of hydrogen-bond donors (Lipinski definition) is 2. The molecule has 14 heavy (non-hydrogen) atoms. The third kappa shape index (κ3) is 2.56. The molecule has 0 unspecified atom stereocenters. The molecule has 1 amide bonds. The summed E-state index contributed by atoms with van der Waals surface area (Å²) < 4.78 is 0. The zero-order valence-corrected chi connectivity index (χ0v) is 9.23. The lowest BCUT2D eigenvalue weighted by Gasteiger charge is -2.13.